The Hall–Kier alpha value is -3.18. The lowest BCUT2D eigenvalue weighted by atomic mass is 10.1. The summed E-state index contributed by atoms with van der Waals surface area (Å²) < 4.78 is 6.49. The predicted molar refractivity (Wildman–Crippen MR) is 125 cm³/mol. The van der Waals surface area contributed by atoms with Crippen molar-refractivity contribution in [3.8, 4) is 5.75 Å². The van der Waals surface area contributed by atoms with Gasteiger partial charge >= 0.3 is 0 Å². The molecule has 3 aromatic rings. The minimum Gasteiger partial charge on any atom is -0.494 e. The molecule has 0 unspecified atom stereocenters. The molecule has 0 radical (unpaired) electrons. The van der Waals surface area contributed by atoms with Crippen LogP contribution in [0.2, 0.25) is 0 Å². The molecule has 3 aromatic carbocycles. The summed E-state index contributed by atoms with van der Waals surface area (Å²) in [6.45, 7) is 4.57. The molecular formula is C25H21BrN2O2. The number of carbonyl (C=O) groups is 1. The summed E-state index contributed by atoms with van der Waals surface area (Å²) in [5.41, 5.74) is 4.07. The van der Waals surface area contributed by atoms with Gasteiger partial charge in [-0.1, -0.05) is 51.8 Å². The van der Waals surface area contributed by atoms with Crippen LogP contribution in [-0.2, 0) is 4.79 Å². The highest BCUT2D eigenvalue weighted by molar-refractivity contribution is 9.10. The van der Waals surface area contributed by atoms with Gasteiger partial charge in [-0.25, -0.2) is 4.99 Å². The number of amides is 1. The van der Waals surface area contributed by atoms with Crippen LogP contribution in [0, 0.1) is 6.92 Å². The highest BCUT2D eigenvalue weighted by atomic mass is 79.9. The lowest BCUT2D eigenvalue weighted by Crippen LogP contribution is -2.32. The molecule has 5 heteroatoms. The first kappa shape index (κ1) is 20.1. The monoisotopic (exact) mass is 460 g/mol. The molecule has 0 atom stereocenters. The molecule has 1 aliphatic heterocycles. The zero-order valence-corrected chi connectivity index (χ0v) is 18.4. The molecule has 0 aliphatic carbocycles. The molecular weight excluding hydrogens is 440 g/mol. The fraction of sp³-hybridized carbons (Fsp3) is 0.120. The van der Waals surface area contributed by atoms with Crippen molar-refractivity contribution in [2.75, 3.05) is 11.5 Å². The minimum absolute atomic E-state index is 0.157. The van der Waals surface area contributed by atoms with Crippen molar-refractivity contribution in [3.63, 3.8) is 0 Å². The number of aryl methyl sites for hydroxylation is 1. The van der Waals surface area contributed by atoms with Crippen molar-refractivity contribution < 1.29 is 9.53 Å². The van der Waals surface area contributed by atoms with Crippen molar-refractivity contribution in [2.24, 2.45) is 4.99 Å². The number of nitrogens with zero attached hydrogens (tertiary/aromatic N) is 2. The van der Waals surface area contributed by atoms with Crippen LogP contribution in [0.25, 0.3) is 6.08 Å². The van der Waals surface area contributed by atoms with Crippen molar-refractivity contribution in [1.29, 1.82) is 0 Å². The van der Waals surface area contributed by atoms with E-state index in [0.717, 1.165) is 32.6 Å². The standard InChI is InChI=1S/C25H21BrN2O2/c1-3-30-22-12-10-21(11-13-22)28-24(19-8-4-6-17(2)14-19)27-23(25(28)29)16-18-7-5-9-20(26)15-18/h4-16H,3H2,1-2H3/b23-16+. The van der Waals surface area contributed by atoms with Gasteiger partial charge in [0.1, 0.15) is 17.3 Å². The Morgan fingerprint density at radius 1 is 1.03 bits per heavy atom. The van der Waals surface area contributed by atoms with Gasteiger partial charge in [-0.2, -0.15) is 0 Å². The van der Waals surface area contributed by atoms with Gasteiger partial charge in [0.2, 0.25) is 0 Å². The summed E-state index contributed by atoms with van der Waals surface area (Å²) in [4.78, 5) is 19.8. The van der Waals surface area contributed by atoms with Gasteiger partial charge in [0.25, 0.3) is 5.91 Å². The van der Waals surface area contributed by atoms with Crippen molar-refractivity contribution >= 4 is 39.4 Å². The SMILES string of the molecule is CCOc1ccc(N2C(=O)/C(=C\c3cccc(Br)c3)N=C2c2cccc(C)c2)cc1. The third-order valence-corrected chi connectivity index (χ3v) is 5.19. The Morgan fingerprint density at radius 2 is 1.80 bits per heavy atom. The van der Waals surface area contributed by atoms with Crippen LogP contribution in [0.5, 0.6) is 5.75 Å². The molecule has 0 fully saturated rings. The van der Waals surface area contributed by atoms with Gasteiger partial charge in [0, 0.05) is 10.0 Å². The Labute approximate surface area is 184 Å². The van der Waals surface area contributed by atoms with Crippen LogP contribution in [0.4, 0.5) is 5.69 Å². The first-order valence-electron chi connectivity index (χ1n) is 9.75. The molecule has 4 nitrogen and oxygen atoms in total. The number of carbonyl (C=O) groups excluding carboxylic acids is 1. The maximum atomic E-state index is 13.4. The zero-order chi connectivity index (χ0) is 21.1. The second kappa shape index (κ2) is 8.67. The second-order valence-electron chi connectivity index (χ2n) is 6.96. The number of anilines is 1. The number of aliphatic imine (C=N–C) groups is 1. The van der Waals surface area contributed by atoms with E-state index < -0.39 is 0 Å². The van der Waals surface area contributed by atoms with E-state index in [1.54, 1.807) is 4.90 Å². The second-order valence-corrected chi connectivity index (χ2v) is 7.87. The molecule has 1 heterocycles. The minimum atomic E-state index is -0.157. The topological polar surface area (TPSA) is 41.9 Å². The van der Waals surface area contributed by atoms with Crippen LogP contribution in [0.15, 0.2) is 88.0 Å². The smallest absolute Gasteiger partial charge is 0.282 e. The fourth-order valence-electron chi connectivity index (χ4n) is 3.35. The van der Waals surface area contributed by atoms with E-state index in [9.17, 15) is 4.79 Å². The van der Waals surface area contributed by atoms with E-state index in [4.69, 9.17) is 9.73 Å². The molecule has 0 saturated carbocycles. The van der Waals surface area contributed by atoms with Crippen LogP contribution < -0.4 is 9.64 Å². The summed E-state index contributed by atoms with van der Waals surface area (Å²) >= 11 is 3.48. The maximum absolute atomic E-state index is 13.4. The van der Waals surface area contributed by atoms with E-state index in [1.165, 1.54) is 0 Å². The number of ether oxygens (including phenoxy) is 1. The summed E-state index contributed by atoms with van der Waals surface area (Å²) in [6.07, 6.45) is 1.82. The fourth-order valence-corrected chi connectivity index (χ4v) is 3.76. The summed E-state index contributed by atoms with van der Waals surface area (Å²) in [6, 6.07) is 23.3. The number of benzene rings is 3. The third-order valence-electron chi connectivity index (χ3n) is 4.69. The quantitative estimate of drug-likeness (QED) is 0.438. The van der Waals surface area contributed by atoms with Crippen LogP contribution in [-0.4, -0.2) is 18.3 Å². The molecule has 0 N–H and O–H groups in total. The lowest BCUT2D eigenvalue weighted by molar-refractivity contribution is -0.113. The van der Waals surface area contributed by atoms with Crippen LogP contribution >= 0.6 is 15.9 Å². The van der Waals surface area contributed by atoms with E-state index in [-0.39, 0.29) is 5.91 Å². The van der Waals surface area contributed by atoms with Crippen LogP contribution in [0.1, 0.15) is 23.6 Å². The zero-order valence-electron chi connectivity index (χ0n) is 16.8. The highest BCUT2D eigenvalue weighted by Gasteiger charge is 2.32. The molecule has 0 spiro atoms. The Balaban J connectivity index is 1.79. The molecule has 4 rings (SSSR count). The van der Waals surface area contributed by atoms with E-state index in [2.05, 4.69) is 15.9 Å². The predicted octanol–water partition coefficient (Wildman–Crippen LogP) is 5.99. The Kier molecular flexibility index (Phi) is 5.81. The number of hydrogen-bond donors (Lipinski definition) is 0. The number of halogens is 1. The lowest BCUT2D eigenvalue weighted by Gasteiger charge is -2.19. The van der Waals surface area contributed by atoms with Gasteiger partial charge in [-0.3, -0.25) is 9.69 Å². The molecule has 0 bridgehead atoms. The maximum Gasteiger partial charge on any atom is 0.282 e. The van der Waals surface area contributed by atoms with Gasteiger partial charge in [-0.05, 0) is 68.0 Å². The molecule has 0 aromatic heterocycles. The van der Waals surface area contributed by atoms with Gasteiger partial charge < -0.3 is 4.74 Å². The van der Waals surface area contributed by atoms with Gasteiger partial charge in [-0.15, -0.1) is 0 Å². The van der Waals surface area contributed by atoms with Crippen molar-refractivity contribution in [3.05, 3.63) is 99.7 Å². The van der Waals surface area contributed by atoms with Crippen LogP contribution in [0.3, 0.4) is 0 Å². The van der Waals surface area contributed by atoms with Gasteiger partial charge in [0.05, 0.1) is 12.3 Å². The Morgan fingerprint density at radius 3 is 2.50 bits per heavy atom. The third kappa shape index (κ3) is 4.21. The summed E-state index contributed by atoms with van der Waals surface area (Å²) in [5, 5.41) is 0. The average Bonchev–Trinajstić information content (AvgIpc) is 3.05. The van der Waals surface area contributed by atoms with Gasteiger partial charge in [0.15, 0.2) is 0 Å². The van der Waals surface area contributed by atoms with E-state index in [1.807, 2.05) is 92.7 Å². The normalized spacial score (nSPS) is 14.9. The first-order chi connectivity index (χ1) is 14.5. The summed E-state index contributed by atoms with van der Waals surface area (Å²) in [7, 11) is 0. The highest BCUT2D eigenvalue weighted by Crippen LogP contribution is 2.29. The molecule has 30 heavy (non-hydrogen) atoms. The van der Waals surface area contributed by atoms with Crippen molar-refractivity contribution in [2.45, 2.75) is 13.8 Å². The van der Waals surface area contributed by atoms with Crippen molar-refractivity contribution in [1.82, 2.24) is 0 Å². The molecule has 1 amide bonds. The summed E-state index contributed by atoms with van der Waals surface area (Å²) in [5.74, 6) is 1.23. The number of rotatable bonds is 5. The molecule has 150 valence electrons. The largest absolute Gasteiger partial charge is 0.494 e. The Bertz CT molecular complexity index is 1150. The van der Waals surface area contributed by atoms with E-state index in [0.29, 0.717) is 18.1 Å². The number of hydrogen-bond acceptors (Lipinski definition) is 3. The molecule has 1 aliphatic rings. The van der Waals surface area contributed by atoms with E-state index >= 15 is 0 Å². The molecule has 0 saturated heterocycles. The number of amidine groups is 1. The first-order valence-corrected chi connectivity index (χ1v) is 10.5. The average molecular weight is 461 g/mol.